The van der Waals surface area contributed by atoms with Crippen LogP contribution in [0.5, 0.6) is 11.5 Å². The number of thioether (sulfide) groups is 1. The quantitative estimate of drug-likeness (QED) is 0.247. The molecule has 0 spiro atoms. The highest BCUT2D eigenvalue weighted by molar-refractivity contribution is 8.03. The zero-order valence-corrected chi connectivity index (χ0v) is 24.7. The van der Waals surface area contributed by atoms with E-state index in [1.165, 1.54) is 14.2 Å². The second-order valence-electron chi connectivity index (χ2n) is 8.85. The van der Waals surface area contributed by atoms with Crippen LogP contribution in [-0.2, 0) is 9.59 Å². The maximum absolute atomic E-state index is 13.5. The van der Waals surface area contributed by atoms with Gasteiger partial charge in [0, 0.05) is 34.1 Å². The van der Waals surface area contributed by atoms with Crippen LogP contribution >= 0.6 is 35.0 Å². The van der Waals surface area contributed by atoms with E-state index in [1.54, 1.807) is 43.3 Å². The molecular formula is C30H26Cl2N4O4S. The summed E-state index contributed by atoms with van der Waals surface area (Å²) in [4.78, 5) is 26.5. The Bertz CT molecular complexity index is 1570. The van der Waals surface area contributed by atoms with Crippen molar-refractivity contribution in [1.82, 2.24) is 5.32 Å². The predicted octanol–water partition coefficient (Wildman–Crippen LogP) is 6.72. The summed E-state index contributed by atoms with van der Waals surface area (Å²) < 4.78 is 10.6. The van der Waals surface area contributed by atoms with E-state index in [0.717, 1.165) is 17.3 Å². The number of benzene rings is 3. The molecule has 11 heteroatoms. The fourth-order valence-corrected chi connectivity index (χ4v) is 5.57. The molecule has 2 amide bonds. The number of ether oxygens (including phenoxy) is 2. The third-order valence-corrected chi connectivity index (χ3v) is 7.79. The van der Waals surface area contributed by atoms with Crippen molar-refractivity contribution in [2.75, 3.05) is 30.6 Å². The first-order chi connectivity index (χ1) is 19.7. The molecule has 1 atom stereocenters. The summed E-state index contributed by atoms with van der Waals surface area (Å²) in [6, 6.07) is 21.5. The highest BCUT2D eigenvalue weighted by Gasteiger charge is 2.35. The Morgan fingerprint density at radius 3 is 2.32 bits per heavy atom. The number of nitrogens with zero attached hydrogens (tertiary/aromatic N) is 1. The van der Waals surface area contributed by atoms with Crippen LogP contribution in [0.25, 0.3) is 0 Å². The Balaban J connectivity index is 1.60. The molecule has 41 heavy (non-hydrogen) atoms. The Kier molecular flexibility index (Phi) is 9.84. The highest BCUT2D eigenvalue weighted by atomic mass is 35.5. The SMILES string of the molecule is COc1cc(NC(=O)CSC2=C(C#N)[C@@H](c3ccccc3)C(C(=O)Nc3ccc(Cl)cc3)=C(C)N2)c(OC)cc1Cl. The van der Waals surface area contributed by atoms with Gasteiger partial charge in [-0.15, -0.1) is 0 Å². The summed E-state index contributed by atoms with van der Waals surface area (Å²) in [6.07, 6.45) is 0. The standard InChI is InChI=1S/C30H26Cl2N4O4S/c1-17-27(29(38)35-20-11-9-19(31)10-12-20)28(18-7-5-4-6-8-18)21(15-33)30(34-17)41-16-26(37)36-23-14-24(39-2)22(32)13-25(23)40-3/h4-14,28,34H,16H2,1-3H3,(H,35,38)(H,36,37)/t28-/m1/s1. The number of rotatable bonds is 9. The number of amides is 2. The first-order valence-electron chi connectivity index (χ1n) is 12.3. The molecule has 1 aliphatic heterocycles. The number of anilines is 2. The minimum atomic E-state index is -0.652. The summed E-state index contributed by atoms with van der Waals surface area (Å²) in [5.41, 5.74) is 3.02. The Morgan fingerprint density at radius 1 is 1.00 bits per heavy atom. The predicted molar refractivity (Wildman–Crippen MR) is 163 cm³/mol. The second kappa shape index (κ2) is 13.5. The molecule has 3 aromatic carbocycles. The zero-order valence-electron chi connectivity index (χ0n) is 22.4. The second-order valence-corrected chi connectivity index (χ2v) is 10.7. The number of carbonyl (C=O) groups excluding carboxylic acids is 2. The fraction of sp³-hybridized carbons (Fsp3) is 0.167. The van der Waals surface area contributed by atoms with Crippen molar-refractivity contribution >= 4 is 58.2 Å². The average Bonchev–Trinajstić information content (AvgIpc) is 2.97. The summed E-state index contributed by atoms with van der Waals surface area (Å²) >= 11 is 13.3. The van der Waals surface area contributed by atoms with Crippen LogP contribution in [0.3, 0.4) is 0 Å². The summed E-state index contributed by atoms with van der Waals surface area (Å²) in [5.74, 6) is -0.613. The van der Waals surface area contributed by atoms with Crippen LogP contribution in [-0.4, -0.2) is 31.8 Å². The first-order valence-corrected chi connectivity index (χ1v) is 14.1. The van der Waals surface area contributed by atoms with Gasteiger partial charge in [-0.1, -0.05) is 65.3 Å². The number of carbonyl (C=O) groups is 2. The molecule has 0 aromatic heterocycles. The molecule has 0 unspecified atom stereocenters. The van der Waals surface area contributed by atoms with Crippen molar-refractivity contribution in [2.24, 2.45) is 0 Å². The normalized spacial score (nSPS) is 14.6. The van der Waals surface area contributed by atoms with Gasteiger partial charge in [0.2, 0.25) is 5.91 Å². The molecule has 4 rings (SSSR count). The lowest BCUT2D eigenvalue weighted by molar-refractivity contribution is -0.114. The van der Waals surface area contributed by atoms with Crippen molar-refractivity contribution < 1.29 is 19.1 Å². The topological polar surface area (TPSA) is 112 Å². The Morgan fingerprint density at radius 2 is 1.68 bits per heavy atom. The van der Waals surface area contributed by atoms with Gasteiger partial charge < -0.3 is 25.4 Å². The van der Waals surface area contributed by atoms with Gasteiger partial charge in [0.15, 0.2) is 0 Å². The highest BCUT2D eigenvalue weighted by Crippen LogP contribution is 2.41. The monoisotopic (exact) mass is 608 g/mol. The van der Waals surface area contributed by atoms with Crippen molar-refractivity contribution in [3.8, 4) is 17.6 Å². The molecule has 210 valence electrons. The van der Waals surface area contributed by atoms with Crippen LogP contribution in [0.2, 0.25) is 10.0 Å². The van der Waals surface area contributed by atoms with Gasteiger partial charge in [-0.3, -0.25) is 9.59 Å². The maximum Gasteiger partial charge on any atom is 0.254 e. The van der Waals surface area contributed by atoms with Crippen LogP contribution in [0.4, 0.5) is 11.4 Å². The smallest absolute Gasteiger partial charge is 0.254 e. The third kappa shape index (κ3) is 6.98. The number of methoxy groups -OCH3 is 2. The van der Waals surface area contributed by atoms with E-state index in [4.69, 9.17) is 32.7 Å². The lowest BCUT2D eigenvalue weighted by Gasteiger charge is -2.30. The van der Waals surface area contributed by atoms with Gasteiger partial charge in [-0.25, -0.2) is 0 Å². The van der Waals surface area contributed by atoms with Crippen molar-refractivity contribution in [1.29, 1.82) is 5.26 Å². The number of nitriles is 1. The molecule has 1 heterocycles. The third-order valence-electron chi connectivity index (χ3n) is 6.22. The molecule has 0 saturated carbocycles. The molecule has 0 fully saturated rings. The van der Waals surface area contributed by atoms with Crippen LogP contribution < -0.4 is 25.4 Å². The summed E-state index contributed by atoms with van der Waals surface area (Å²) in [5, 5.41) is 20.5. The van der Waals surface area contributed by atoms with Gasteiger partial charge in [-0.2, -0.15) is 5.26 Å². The fourth-order valence-electron chi connectivity index (χ4n) is 4.32. The Labute approximate surface area is 252 Å². The molecule has 8 nitrogen and oxygen atoms in total. The van der Waals surface area contributed by atoms with Crippen LogP contribution in [0, 0.1) is 11.3 Å². The van der Waals surface area contributed by atoms with Gasteiger partial charge in [-0.05, 0) is 36.8 Å². The van der Waals surface area contributed by atoms with E-state index < -0.39 is 5.92 Å². The number of hydrogen-bond donors (Lipinski definition) is 3. The molecular weight excluding hydrogens is 583 g/mol. The molecule has 0 radical (unpaired) electrons. The van der Waals surface area contributed by atoms with E-state index in [2.05, 4.69) is 22.0 Å². The van der Waals surface area contributed by atoms with Crippen LogP contribution in [0.15, 0.2) is 88.6 Å². The van der Waals surface area contributed by atoms with Gasteiger partial charge in [0.25, 0.3) is 5.91 Å². The maximum atomic E-state index is 13.5. The lowest BCUT2D eigenvalue weighted by Crippen LogP contribution is -2.31. The molecule has 3 aromatic rings. The van der Waals surface area contributed by atoms with Crippen molar-refractivity contribution in [3.63, 3.8) is 0 Å². The number of nitrogens with one attached hydrogen (secondary N) is 3. The van der Waals surface area contributed by atoms with E-state index in [-0.39, 0.29) is 17.6 Å². The lowest BCUT2D eigenvalue weighted by atomic mass is 9.82. The minimum Gasteiger partial charge on any atom is -0.495 e. The van der Waals surface area contributed by atoms with E-state index in [9.17, 15) is 14.9 Å². The number of halogens is 2. The first kappa shape index (κ1) is 29.9. The van der Waals surface area contributed by atoms with Gasteiger partial charge in [0.05, 0.1) is 53.3 Å². The van der Waals surface area contributed by atoms with Gasteiger partial charge in [0.1, 0.15) is 11.5 Å². The van der Waals surface area contributed by atoms with Crippen LogP contribution in [0.1, 0.15) is 18.4 Å². The summed E-state index contributed by atoms with van der Waals surface area (Å²) in [6.45, 7) is 1.77. The Hall–Kier alpha value is -4.10. The van der Waals surface area contributed by atoms with Crippen molar-refractivity contribution in [3.05, 3.63) is 104 Å². The van der Waals surface area contributed by atoms with E-state index in [1.807, 2.05) is 30.3 Å². The average molecular weight is 610 g/mol. The number of dihydropyridines is 1. The molecule has 0 bridgehead atoms. The molecule has 1 aliphatic rings. The molecule has 0 saturated heterocycles. The van der Waals surface area contributed by atoms with Crippen molar-refractivity contribution in [2.45, 2.75) is 12.8 Å². The molecule has 0 aliphatic carbocycles. The zero-order chi connectivity index (χ0) is 29.5. The largest absolute Gasteiger partial charge is 0.495 e. The van der Waals surface area contributed by atoms with E-state index in [0.29, 0.717) is 54.8 Å². The van der Waals surface area contributed by atoms with E-state index >= 15 is 0 Å². The molecule has 3 N–H and O–H groups in total. The number of allylic oxidation sites excluding steroid dienone is 2. The number of hydrogen-bond acceptors (Lipinski definition) is 7. The summed E-state index contributed by atoms with van der Waals surface area (Å²) in [7, 11) is 2.95. The minimum absolute atomic E-state index is 0.0251. The van der Waals surface area contributed by atoms with Gasteiger partial charge >= 0.3 is 0 Å².